The molecule has 0 spiro atoms. The van der Waals surface area contributed by atoms with Crippen LogP contribution in [0.1, 0.15) is 0 Å². The maximum atomic E-state index is 10.5. The highest BCUT2D eigenvalue weighted by atomic mass is 35.5. The number of carbonyl (C=O) groups excluding carboxylic acids is 2. The van der Waals surface area contributed by atoms with Crippen LogP contribution in [0.3, 0.4) is 0 Å². The second-order valence-electron chi connectivity index (χ2n) is 1.51. The molecule has 5 nitrogen and oxygen atoms in total. The van der Waals surface area contributed by atoms with Crippen LogP contribution in [0, 0.1) is 0 Å². The van der Waals surface area contributed by atoms with E-state index in [9.17, 15) is 9.59 Å². The highest BCUT2D eigenvalue weighted by molar-refractivity contribution is 6.40. The Morgan fingerprint density at radius 1 is 1.73 bits per heavy atom. The summed E-state index contributed by atoms with van der Waals surface area (Å²) >= 11 is 5.27. The molecule has 0 aromatic rings. The lowest BCUT2D eigenvalue weighted by Gasteiger charge is -2.03. The number of aldehydes is 1. The highest BCUT2D eigenvalue weighted by Crippen LogP contribution is 2.02. The van der Waals surface area contributed by atoms with Gasteiger partial charge in [0.05, 0.1) is 7.11 Å². The Bertz CT molecular complexity index is 202. The molecule has 1 amide bonds. The van der Waals surface area contributed by atoms with E-state index in [4.69, 9.17) is 17.3 Å². The number of primary amides is 1. The van der Waals surface area contributed by atoms with Gasteiger partial charge in [0.15, 0.2) is 6.29 Å². The Morgan fingerprint density at radius 3 is 2.55 bits per heavy atom. The fourth-order valence-corrected chi connectivity index (χ4v) is 0.509. The van der Waals surface area contributed by atoms with Gasteiger partial charge >= 0.3 is 0 Å². The monoisotopic (exact) mass is 178 g/mol. The number of halogens is 1. The smallest absolute Gasteiger partial charge is 0.268 e. The van der Waals surface area contributed by atoms with E-state index in [0.717, 1.165) is 0 Å². The summed E-state index contributed by atoms with van der Waals surface area (Å²) in [5, 5.41) is -0.320. The lowest BCUT2D eigenvalue weighted by atomic mass is 10.4. The molecule has 0 aliphatic rings. The molecule has 0 fully saturated rings. The van der Waals surface area contributed by atoms with E-state index in [2.05, 4.69) is 10.3 Å². The largest absolute Gasteiger partial charge is 0.364 e. The minimum Gasteiger partial charge on any atom is -0.364 e. The summed E-state index contributed by atoms with van der Waals surface area (Å²) in [4.78, 5) is 24.8. The Hall–Kier alpha value is -1.07. The summed E-state index contributed by atoms with van der Waals surface area (Å²) in [5.74, 6) is -0.857. The summed E-state index contributed by atoms with van der Waals surface area (Å²) < 4.78 is 0. The normalized spacial score (nSPS) is 11.8. The van der Waals surface area contributed by atoms with Crippen LogP contribution in [0.25, 0.3) is 0 Å². The van der Waals surface area contributed by atoms with Crippen LogP contribution in [0.5, 0.6) is 0 Å². The number of amides is 1. The fourth-order valence-electron chi connectivity index (χ4n) is 0.378. The minimum absolute atomic E-state index is 0.260. The zero-order chi connectivity index (χ0) is 8.85. The van der Waals surface area contributed by atoms with Gasteiger partial charge in [-0.2, -0.15) is 0 Å². The van der Waals surface area contributed by atoms with Gasteiger partial charge in [-0.05, 0) is 0 Å². The Morgan fingerprint density at radius 2 is 2.27 bits per heavy atom. The number of rotatable bonds is 4. The number of hydroxylamine groups is 1. The molecule has 0 rings (SSSR count). The van der Waals surface area contributed by atoms with Crippen molar-refractivity contribution < 1.29 is 14.4 Å². The Labute approximate surface area is 68.1 Å². The molecule has 0 saturated carbocycles. The number of hydrogen-bond acceptors (Lipinski definition) is 4. The molecule has 3 N–H and O–H groups in total. The summed E-state index contributed by atoms with van der Waals surface area (Å²) in [6, 6.07) is 0. The first-order chi connectivity index (χ1) is 5.13. The van der Waals surface area contributed by atoms with Gasteiger partial charge in [-0.25, -0.2) is 0 Å². The van der Waals surface area contributed by atoms with Gasteiger partial charge in [0.1, 0.15) is 10.7 Å². The van der Waals surface area contributed by atoms with Crippen LogP contribution in [-0.4, -0.2) is 19.3 Å². The van der Waals surface area contributed by atoms with Crippen molar-refractivity contribution in [3.8, 4) is 0 Å². The van der Waals surface area contributed by atoms with Crippen molar-refractivity contribution in [1.82, 2.24) is 5.48 Å². The maximum absolute atomic E-state index is 10.5. The number of hydrogen-bond donors (Lipinski definition) is 2. The molecule has 0 aromatic heterocycles. The maximum Gasteiger partial charge on any atom is 0.268 e. The van der Waals surface area contributed by atoms with Gasteiger partial charge in [0, 0.05) is 0 Å². The predicted molar refractivity (Wildman–Crippen MR) is 38.3 cm³/mol. The molecule has 0 aliphatic carbocycles. The van der Waals surface area contributed by atoms with Crippen molar-refractivity contribution in [3.63, 3.8) is 0 Å². The van der Waals surface area contributed by atoms with Crippen molar-refractivity contribution in [2.75, 3.05) is 7.11 Å². The van der Waals surface area contributed by atoms with Crippen molar-refractivity contribution in [1.29, 1.82) is 0 Å². The molecule has 0 bridgehead atoms. The van der Waals surface area contributed by atoms with E-state index in [0.29, 0.717) is 0 Å². The van der Waals surface area contributed by atoms with Crippen LogP contribution >= 0.6 is 11.6 Å². The van der Waals surface area contributed by atoms with Crippen LogP contribution in [0.15, 0.2) is 10.7 Å². The second-order valence-corrected chi connectivity index (χ2v) is 1.92. The van der Waals surface area contributed by atoms with Crippen molar-refractivity contribution in [3.05, 3.63) is 10.7 Å². The number of nitrogens with one attached hydrogen (secondary N) is 1. The SMILES string of the molecule is CONC(C(N)=O)=C(Cl)C=O. The van der Waals surface area contributed by atoms with Gasteiger partial charge in [-0.15, -0.1) is 0 Å². The van der Waals surface area contributed by atoms with Crippen molar-refractivity contribution in [2.24, 2.45) is 5.73 Å². The zero-order valence-corrected chi connectivity index (χ0v) is 6.51. The number of allylic oxidation sites excluding steroid dienone is 1. The molecule has 0 aliphatic heterocycles. The fraction of sp³-hybridized carbons (Fsp3) is 0.200. The minimum atomic E-state index is -0.857. The van der Waals surface area contributed by atoms with E-state index < -0.39 is 5.91 Å². The standard InChI is InChI=1S/C5H7ClN2O3/c1-11-8-4(5(7)10)3(6)2-9/h2,8H,1H3,(H2,7,10). The molecule has 0 radical (unpaired) electrons. The lowest BCUT2D eigenvalue weighted by Crippen LogP contribution is -2.26. The predicted octanol–water partition coefficient (Wildman–Crippen LogP) is -0.728. The molecule has 0 aromatic carbocycles. The van der Waals surface area contributed by atoms with E-state index in [1.807, 2.05) is 0 Å². The summed E-state index contributed by atoms with van der Waals surface area (Å²) in [6.45, 7) is 0. The molecular formula is C5H7ClN2O3. The van der Waals surface area contributed by atoms with Gasteiger partial charge in [0.2, 0.25) is 0 Å². The Kier molecular flexibility index (Phi) is 4.24. The van der Waals surface area contributed by atoms with E-state index in [-0.39, 0.29) is 17.0 Å². The molecule has 0 heterocycles. The third-order valence-electron chi connectivity index (χ3n) is 0.793. The average Bonchev–Trinajstić information content (AvgIpc) is 1.98. The third-order valence-corrected chi connectivity index (χ3v) is 1.07. The molecular weight excluding hydrogens is 172 g/mol. The quantitative estimate of drug-likeness (QED) is 0.338. The first-order valence-electron chi connectivity index (χ1n) is 2.57. The van der Waals surface area contributed by atoms with E-state index in [1.54, 1.807) is 0 Å². The van der Waals surface area contributed by atoms with Crippen molar-refractivity contribution >= 4 is 23.8 Å². The molecule has 0 unspecified atom stereocenters. The van der Waals surface area contributed by atoms with Crippen LogP contribution in [-0.2, 0) is 14.4 Å². The van der Waals surface area contributed by atoms with Gasteiger partial charge in [-0.3, -0.25) is 19.9 Å². The van der Waals surface area contributed by atoms with E-state index >= 15 is 0 Å². The van der Waals surface area contributed by atoms with Gasteiger partial charge < -0.3 is 5.73 Å². The number of nitrogens with two attached hydrogens (primary N) is 1. The van der Waals surface area contributed by atoms with Crippen LogP contribution < -0.4 is 11.2 Å². The summed E-state index contributed by atoms with van der Waals surface area (Å²) in [6.07, 6.45) is 0.285. The van der Waals surface area contributed by atoms with Crippen LogP contribution in [0.4, 0.5) is 0 Å². The first-order valence-corrected chi connectivity index (χ1v) is 2.95. The molecule has 11 heavy (non-hydrogen) atoms. The topological polar surface area (TPSA) is 81.4 Å². The summed E-state index contributed by atoms with van der Waals surface area (Å²) in [5.41, 5.74) is 6.63. The molecule has 62 valence electrons. The third kappa shape index (κ3) is 3.01. The van der Waals surface area contributed by atoms with Crippen molar-refractivity contribution in [2.45, 2.75) is 0 Å². The zero-order valence-electron chi connectivity index (χ0n) is 5.76. The first kappa shape index (κ1) is 9.93. The summed E-state index contributed by atoms with van der Waals surface area (Å²) in [7, 11) is 1.26. The molecule has 0 atom stereocenters. The van der Waals surface area contributed by atoms with Gasteiger partial charge in [0.25, 0.3) is 5.91 Å². The highest BCUT2D eigenvalue weighted by Gasteiger charge is 2.09. The van der Waals surface area contributed by atoms with Gasteiger partial charge in [-0.1, -0.05) is 11.6 Å². The second kappa shape index (κ2) is 4.70. The molecule has 0 saturated heterocycles. The van der Waals surface area contributed by atoms with E-state index in [1.165, 1.54) is 7.11 Å². The van der Waals surface area contributed by atoms with Crippen LogP contribution in [0.2, 0.25) is 0 Å². The molecule has 6 heteroatoms. The average molecular weight is 179 g/mol. The number of carbonyl (C=O) groups is 2. The lowest BCUT2D eigenvalue weighted by molar-refractivity contribution is -0.116. The Balaban J connectivity index is 4.56.